The zero-order valence-electron chi connectivity index (χ0n) is 20.0. The second-order valence-electron chi connectivity index (χ2n) is 9.15. The van der Waals surface area contributed by atoms with Crippen LogP contribution in [0.5, 0.6) is 0 Å². The Hall–Kier alpha value is -3.34. The first-order chi connectivity index (χ1) is 17.8. The van der Waals surface area contributed by atoms with Gasteiger partial charge in [-0.25, -0.2) is 8.42 Å². The van der Waals surface area contributed by atoms with Gasteiger partial charge in [-0.1, -0.05) is 17.7 Å². The number of hydrogen-bond donors (Lipinski definition) is 1. The van der Waals surface area contributed by atoms with E-state index in [1.165, 1.54) is 23.2 Å². The van der Waals surface area contributed by atoms with Gasteiger partial charge in [0.25, 0.3) is 5.91 Å². The number of rotatable bonds is 6. The maximum Gasteiger partial charge on any atom is 0.253 e. The van der Waals surface area contributed by atoms with Gasteiger partial charge in [-0.15, -0.1) is 5.10 Å². The summed E-state index contributed by atoms with van der Waals surface area (Å²) in [5.74, 6) is -0.0679. The molecule has 3 heterocycles. The van der Waals surface area contributed by atoms with E-state index in [1.54, 1.807) is 53.4 Å². The third kappa shape index (κ3) is 5.22. The van der Waals surface area contributed by atoms with E-state index in [4.69, 9.17) is 11.6 Å². The molecule has 0 radical (unpaired) electrons. The van der Waals surface area contributed by atoms with E-state index in [9.17, 15) is 18.0 Å². The highest BCUT2D eigenvalue weighted by Gasteiger charge is 2.34. The Bertz CT molecular complexity index is 1390. The van der Waals surface area contributed by atoms with E-state index in [-0.39, 0.29) is 22.6 Å². The lowest BCUT2D eigenvalue weighted by molar-refractivity contribution is -0.123. The Morgan fingerprint density at radius 1 is 1.00 bits per heavy atom. The maximum absolute atomic E-state index is 13.4. The minimum atomic E-state index is -3.62. The zero-order chi connectivity index (χ0) is 26.0. The molecule has 0 atom stereocenters. The molecule has 37 heavy (non-hydrogen) atoms. The predicted octanol–water partition coefficient (Wildman–Crippen LogP) is 3.09. The van der Waals surface area contributed by atoms with Crippen LogP contribution in [0.15, 0.2) is 71.8 Å². The number of sulfone groups is 1. The van der Waals surface area contributed by atoms with Gasteiger partial charge >= 0.3 is 0 Å². The molecule has 2 fully saturated rings. The quantitative estimate of drug-likeness (QED) is 0.512. The van der Waals surface area contributed by atoms with Gasteiger partial charge in [0, 0.05) is 43.0 Å². The lowest BCUT2D eigenvalue weighted by atomic mass is 10.0. The summed E-state index contributed by atoms with van der Waals surface area (Å²) in [6.45, 7) is 1.86. The number of carbonyl (C=O) groups is 2. The van der Waals surface area contributed by atoms with E-state index in [1.807, 2.05) is 0 Å². The van der Waals surface area contributed by atoms with E-state index in [0.717, 1.165) is 0 Å². The molecule has 0 bridgehead atoms. The Morgan fingerprint density at radius 2 is 1.73 bits per heavy atom. The Labute approximate surface area is 220 Å². The van der Waals surface area contributed by atoms with Gasteiger partial charge in [-0.05, 0) is 67.4 Å². The zero-order valence-corrected chi connectivity index (χ0v) is 21.5. The molecular formula is C26H26ClN5O4S. The lowest BCUT2D eigenvalue weighted by Crippen LogP contribution is -2.51. The van der Waals surface area contributed by atoms with E-state index in [2.05, 4.69) is 15.5 Å². The van der Waals surface area contributed by atoms with Crippen LogP contribution in [0.4, 0.5) is 11.5 Å². The number of likely N-dealkylation sites (tertiary alicyclic amines) is 1. The van der Waals surface area contributed by atoms with Gasteiger partial charge in [0.15, 0.2) is 15.7 Å². The van der Waals surface area contributed by atoms with Crippen molar-refractivity contribution in [3.63, 3.8) is 0 Å². The van der Waals surface area contributed by atoms with Gasteiger partial charge in [0.1, 0.15) is 0 Å². The van der Waals surface area contributed by atoms with Crippen molar-refractivity contribution in [2.24, 2.45) is 5.92 Å². The third-order valence-corrected chi connectivity index (χ3v) is 9.31. The molecule has 3 aromatic rings. The largest absolute Gasteiger partial charge is 0.339 e. The first-order valence-electron chi connectivity index (χ1n) is 12.1. The average Bonchev–Trinajstić information content (AvgIpc) is 2.88. The molecule has 0 saturated carbocycles. The molecule has 192 valence electrons. The number of nitrogens with one attached hydrogen (secondary N) is 1. The number of halogens is 1. The van der Waals surface area contributed by atoms with Crippen LogP contribution >= 0.6 is 11.6 Å². The molecule has 0 aliphatic carbocycles. The molecule has 2 aliphatic heterocycles. The minimum absolute atomic E-state index is 0.119. The Morgan fingerprint density at radius 3 is 2.32 bits per heavy atom. The number of piperidine rings is 1. The monoisotopic (exact) mass is 539 g/mol. The fourth-order valence-electron chi connectivity index (χ4n) is 4.58. The van der Waals surface area contributed by atoms with Gasteiger partial charge in [-0.2, -0.15) is 5.10 Å². The van der Waals surface area contributed by atoms with Crippen molar-refractivity contribution in [3.8, 4) is 0 Å². The number of aromatic nitrogens is 2. The number of hydrogen-bond acceptors (Lipinski definition) is 7. The summed E-state index contributed by atoms with van der Waals surface area (Å²) in [6.07, 6.45) is 2.21. The summed E-state index contributed by atoms with van der Waals surface area (Å²) in [5.41, 5.74) is 1.02. The van der Waals surface area contributed by atoms with Crippen molar-refractivity contribution in [3.05, 3.63) is 77.4 Å². The summed E-state index contributed by atoms with van der Waals surface area (Å²) in [7, 11) is -3.62. The van der Waals surface area contributed by atoms with Crippen LogP contribution in [0.25, 0.3) is 0 Å². The number of benzene rings is 2. The summed E-state index contributed by atoms with van der Waals surface area (Å²) in [5, 5.41) is 11.0. The number of nitrogens with zero attached hydrogens (tertiary/aromatic N) is 4. The van der Waals surface area contributed by atoms with E-state index >= 15 is 0 Å². The second kappa shape index (κ2) is 10.6. The number of anilines is 2. The SMILES string of the molecule is O=C(c1cccc(Cl)c1)N1CCC(S(=O)(=O)c2ccc(N(C(=O)C3CNC3)c3cccnn3)cc2)CC1. The Kier molecular flexibility index (Phi) is 7.23. The predicted molar refractivity (Wildman–Crippen MR) is 140 cm³/mol. The van der Waals surface area contributed by atoms with Crippen LogP contribution in [0.1, 0.15) is 23.2 Å². The van der Waals surface area contributed by atoms with Gasteiger partial charge < -0.3 is 10.2 Å². The molecule has 2 amide bonds. The maximum atomic E-state index is 13.4. The minimum Gasteiger partial charge on any atom is -0.339 e. The highest BCUT2D eigenvalue weighted by Crippen LogP contribution is 2.30. The van der Waals surface area contributed by atoms with Crippen molar-refractivity contribution < 1.29 is 18.0 Å². The molecule has 11 heteroatoms. The molecule has 2 aromatic carbocycles. The van der Waals surface area contributed by atoms with Crippen LogP contribution in [0, 0.1) is 5.92 Å². The van der Waals surface area contributed by atoms with Gasteiger partial charge in [0.05, 0.1) is 21.8 Å². The van der Waals surface area contributed by atoms with Crippen LogP contribution in [-0.4, -0.2) is 66.8 Å². The van der Waals surface area contributed by atoms with Crippen molar-refractivity contribution in [1.29, 1.82) is 0 Å². The van der Waals surface area contributed by atoms with Crippen LogP contribution in [0.3, 0.4) is 0 Å². The average molecular weight is 540 g/mol. The van der Waals surface area contributed by atoms with Crippen molar-refractivity contribution in [2.45, 2.75) is 23.0 Å². The van der Waals surface area contributed by atoms with E-state index < -0.39 is 15.1 Å². The van der Waals surface area contributed by atoms with Crippen LogP contribution in [-0.2, 0) is 14.6 Å². The fourth-order valence-corrected chi connectivity index (χ4v) is 6.50. The summed E-state index contributed by atoms with van der Waals surface area (Å²) < 4.78 is 26.8. The summed E-state index contributed by atoms with van der Waals surface area (Å²) in [4.78, 5) is 29.3. The summed E-state index contributed by atoms with van der Waals surface area (Å²) in [6, 6.07) is 16.5. The highest BCUT2D eigenvalue weighted by molar-refractivity contribution is 7.92. The molecule has 0 spiro atoms. The molecule has 1 N–H and O–H groups in total. The highest BCUT2D eigenvalue weighted by atomic mass is 35.5. The topological polar surface area (TPSA) is 113 Å². The van der Waals surface area contributed by atoms with Gasteiger partial charge in [-0.3, -0.25) is 14.5 Å². The first kappa shape index (κ1) is 25.3. The third-order valence-electron chi connectivity index (χ3n) is 6.80. The smallest absolute Gasteiger partial charge is 0.253 e. The Balaban J connectivity index is 1.30. The van der Waals surface area contributed by atoms with Gasteiger partial charge in [0.2, 0.25) is 5.91 Å². The fraction of sp³-hybridized carbons (Fsp3) is 0.308. The summed E-state index contributed by atoms with van der Waals surface area (Å²) >= 11 is 6.01. The standard InChI is InChI=1S/C26H26ClN5O4S/c27-20-4-1-3-18(15-20)25(33)31-13-10-23(11-14-31)37(35,36)22-8-6-21(7-9-22)32(24-5-2-12-29-30-24)26(34)19-16-28-17-19/h1-9,12,15,19,23,28H,10-11,13-14,16-17H2. The number of amides is 2. The molecule has 0 unspecified atom stereocenters. The molecule has 1 aromatic heterocycles. The molecule has 2 saturated heterocycles. The molecule has 2 aliphatic rings. The van der Waals surface area contributed by atoms with Crippen LogP contribution in [0.2, 0.25) is 5.02 Å². The van der Waals surface area contributed by atoms with Crippen molar-refractivity contribution >= 4 is 44.8 Å². The lowest BCUT2D eigenvalue weighted by Gasteiger charge is -2.32. The number of carbonyl (C=O) groups excluding carboxylic acids is 2. The van der Waals surface area contributed by atoms with E-state index in [0.29, 0.717) is 61.1 Å². The van der Waals surface area contributed by atoms with Crippen LogP contribution < -0.4 is 10.2 Å². The van der Waals surface area contributed by atoms with Crippen molar-refractivity contribution in [2.75, 3.05) is 31.1 Å². The molecule has 5 rings (SSSR count). The second-order valence-corrected chi connectivity index (χ2v) is 11.8. The normalized spacial score (nSPS) is 16.7. The van der Waals surface area contributed by atoms with Crippen molar-refractivity contribution in [1.82, 2.24) is 20.4 Å². The first-order valence-corrected chi connectivity index (χ1v) is 14.0. The molecular weight excluding hydrogens is 514 g/mol. The molecule has 9 nitrogen and oxygen atoms in total.